The number of carbonyl (C=O) groups excluding carboxylic acids is 1. The molecule has 5 rings (SSSR count). The van der Waals surface area contributed by atoms with Gasteiger partial charge in [-0.1, -0.05) is 63.2 Å². The van der Waals surface area contributed by atoms with Gasteiger partial charge in [0.15, 0.2) is 0 Å². The van der Waals surface area contributed by atoms with Crippen LogP contribution in [0.2, 0.25) is 0 Å². The van der Waals surface area contributed by atoms with Crippen molar-refractivity contribution in [1.29, 1.82) is 0 Å². The fourth-order valence-electron chi connectivity index (χ4n) is 5.05. The van der Waals surface area contributed by atoms with Crippen LogP contribution < -0.4 is 15.4 Å². The lowest BCUT2D eigenvalue weighted by atomic mass is 9.87. The molecule has 0 bridgehead atoms. The average molecular weight is 553 g/mol. The van der Waals surface area contributed by atoms with Crippen LogP contribution in [0.4, 0.5) is 16.2 Å². The first-order valence-electron chi connectivity index (χ1n) is 14.3. The van der Waals surface area contributed by atoms with Crippen LogP contribution in [-0.4, -0.2) is 48.3 Å². The van der Waals surface area contributed by atoms with Crippen molar-refractivity contribution in [2.75, 3.05) is 36.9 Å². The molecule has 7 nitrogen and oxygen atoms in total. The van der Waals surface area contributed by atoms with Crippen molar-refractivity contribution in [2.24, 2.45) is 0 Å². The van der Waals surface area contributed by atoms with Gasteiger partial charge >= 0.3 is 6.03 Å². The molecule has 2 heterocycles. The van der Waals surface area contributed by atoms with E-state index in [-0.39, 0.29) is 17.6 Å². The van der Waals surface area contributed by atoms with Gasteiger partial charge in [0.25, 0.3) is 0 Å². The van der Waals surface area contributed by atoms with Crippen LogP contribution in [0.3, 0.4) is 0 Å². The van der Waals surface area contributed by atoms with Gasteiger partial charge in [-0.25, -0.2) is 4.79 Å². The van der Waals surface area contributed by atoms with Crippen molar-refractivity contribution in [2.45, 2.75) is 52.7 Å². The third-order valence-electron chi connectivity index (χ3n) is 7.25. The maximum absolute atomic E-state index is 13.3. The summed E-state index contributed by atoms with van der Waals surface area (Å²) in [5.74, 6) is 0.646. The van der Waals surface area contributed by atoms with Gasteiger partial charge in [-0.3, -0.25) is 9.88 Å². The SMILES string of the molecule is CC(C)Oc1ccc(C(C)(C)C)cc1NC(=O)Nc1ccc(-c2ccc(CN3CCOCC3)nc2)c2ccccc12. The number of nitrogens with one attached hydrogen (secondary N) is 2. The van der Waals surface area contributed by atoms with Gasteiger partial charge in [0.1, 0.15) is 5.75 Å². The molecule has 0 unspecified atom stereocenters. The van der Waals surface area contributed by atoms with E-state index in [9.17, 15) is 4.79 Å². The number of hydrogen-bond donors (Lipinski definition) is 2. The highest BCUT2D eigenvalue weighted by Gasteiger charge is 2.19. The first-order valence-corrected chi connectivity index (χ1v) is 14.3. The van der Waals surface area contributed by atoms with E-state index in [4.69, 9.17) is 14.5 Å². The molecule has 1 aromatic heterocycles. The standard InChI is InChI=1S/C34H40N4O3/c1-23(2)41-32-15-11-25(34(3,4)5)20-31(32)37-33(39)36-30-14-13-27(28-8-6-7-9-29(28)30)24-10-12-26(35-21-24)22-38-16-18-40-19-17-38/h6-15,20-21,23H,16-19,22H2,1-5H3,(H2,36,37,39). The molecule has 2 N–H and O–H groups in total. The minimum Gasteiger partial charge on any atom is -0.489 e. The third kappa shape index (κ3) is 7.04. The largest absolute Gasteiger partial charge is 0.489 e. The number of amides is 2. The molecule has 0 atom stereocenters. The van der Waals surface area contributed by atoms with Crippen LogP contribution in [0.1, 0.15) is 45.9 Å². The van der Waals surface area contributed by atoms with Crippen molar-refractivity contribution < 1.29 is 14.3 Å². The number of benzene rings is 3. The van der Waals surface area contributed by atoms with Gasteiger partial charge in [-0.05, 0) is 60.0 Å². The smallest absolute Gasteiger partial charge is 0.323 e. The molecule has 214 valence electrons. The summed E-state index contributed by atoms with van der Waals surface area (Å²) >= 11 is 0. The van der Waals surface area contributed by atoms with Gasteiger partial charge in [0.05, 0.1) is 36.4 Å². The van der Waals surface area contributed by atoms with E-state index >= 15 is 0 Å². The molecule has 41 heavy (non-hydrogen) atoms. The molecule has 4 aromatic rings. The number of nitrogens with zero attached hydrogens (tertiary/aromatic N) is 2. The number of fused-ring (bicyclic) bond motifs is 1. The van der Waals surface area contributed by atoms with Gasteiger partial charge in [-0.15, -0.1) is 0 Å². The zero-order valence-electron chi connectivity index (χ0n) is 24.7. The highest BCUT2D eigenvalue weighted by Crippen LogP contribution is 2.35. The van der Waals surface area contributed by atoms with E-state index in [0.717, 1.165) is 71.7 Å². The highest BCUT2D eigenvalue weighted by molar-refractivity contribution is 6.10. The number of morpholine rings is 1. The summed E-state index contributed by atoms with van der Waals surface area (Å²) in [7, 11) is 0. The van der Waals surface area contributed by atoms with Crippen LogP contribution in [0.15, 0.2) is 72.9 Å². The van der Waals surface area contributed by atoms with Gasteiger partial charge in [0, 0.05) is 36.8 Å². The molecular weight excluding hydrogens is 512 g/mol. The zero-order valence-corrected chi connectivity index (χ0v) is 24.7. The first kappa shape index (κ1) is 28.6. The third-order valence-corrected chi connectivity index (χ3v) is 7.25. The van der Waals surface area contributed by atoms with E-state index in [1.54, 1.807) is 0 Å². The number of anilines is 2. The fourth-order valence-corrected chi connectivity index (χ4v) is 5.05. The topological polar surface area (TPSA) is 75.7 Å². The maximum atomic E-state index is 13.3. The van der Waals surface area contributed by atoms with Crippen LogP contribution >= 0.6 is 0 Å². The second kappa shape index (κ2) is 12.3. The Morgan fingerprint density at radius 2 is 1.68 bits per heavy atom. The van der Waals surface area contributed by atoms with E-state index in [1.165, 1.54) is 0 Å². The van der Waals surface area contributed by atoms with Crippen molar-refractivity contribution in [3.05, 3.63) is 84.2 Å². The molecule has 7 heteroatoms. The number of ether oxygens (including phenoxy) is 2. The van der Waals surface area contributed by atoms with Gasteiger partial charge < -0.3 is 20.1 Å². The quantitative estimate of drug-likeness (QED) is 0.249. The van der Waals surface area contributed by atoms with E-state index in [0.29, 0.717) is 11.4 Å². The lowest BCUT2D eigenvalue weighted by Crippen LogP contribution is -2.35. The van der Waals surface area contributed by atoms with Crippen LogP contribution in [0.5, 0.6) is 5.75 Å². The molecule has 1 aliphatic rings. The molecule has 1 aliphatic heterocycles. The summed E-state index contributed by atoms with van der Waals surface area (Å²) in [6.07, 6.45) is 1.93. The van der Waals surface area contributed by atoms with E-state index < -0.39 is 0 Å². The molecule has 3 aromatic carbocycles. The summed E-state index contributed by atoms with van der Waals surface area (Å²) in [4.78, 5) is 20.4. The van der Waals surface area contributed by atoms with Crippen molar-refractivity contribution in [3.63, 3.8) is 0 Å². The van der Waals surface area contributed by atoms with Crippen LogP contribution in [0.25, 0.3) is 21.9 Å². The van der Waals surface area contributed by atoms with E-state index in [1.807, 2.05) is 62.5 Å². The Bertz CT molecular complexity index is 1500. The molecule has 2 amide bonds. The Kier molecular flexibility index (Phi) is 8.57. The summed E-state index contributed by atoms with van der Waals surface area (Å²) in [5.41, 5.74) is 5.59. The monoisotopic (exact) mass is 552 g/mol. The van der Waals surface area contributed by atoms with Crippen molar-refractivity contribution in [1.82, 2.24) is 9.88 Å². The second-order valence-corrected chi connectivity index (χ2v) is 11.8. The van der Waals surface area contributed by atoms with Crippen molar-refractivity contribution >= 4 is 28.2 Å². The molecule has 1 saturated heterocycles. The number of urea groups is 1. The Balaban J connectivity index is 1.37. The zero-order chi connectivity index (χ0) is 29.0. The summed E-state index contributed by atoms with van der Waals surface area (Å²) in [6, 6.07) is 22.0. The van der Waals surface area contributed by atoms with Crippen molar-refractivity contribution in [3.8, 4) is 16.9 Å². The van der Waals surface area contributed by atoms with Gasteiger partial charge in [0.2, 0.25) is 0 Å². The normalized spacial score (nSPS) is 14.3. The minimum absolute atomic E-state index is 0.0153. The predicted octanol–water partition coefficient (Wildman–Crippen LogP) is 7.46. The van der Waals surface area contributed by atoms with Gasteiger partial charge in [-0.2, -0.15) is 0 Å². The average Bonchev–Trinajstić information content (AvgIpc) is 2.94. The van der Waals surface area contributed by atoms with Crippen LogP contribution in [0, 0.1) is 0 Å². The van der Waals surface area contributed by atoms with Crippen LogP contribution in [-0.2, 0) is 16.7 Å². The number of rotatable bonds is 7. The Morgan fingerprint density at radius 3 is 2.37 bits per heavy atom. The highest BCUT2D eigenvalue weighted by atomic mass is 16.5. The predicted molar refractivity (Wildman–Crippen MR) is 167 cm³/mol. The Hall–Kier alpha value is -3.94. The molecule has 0 saturated carbocycles. The summed E-state index contributed by atoms with van der Waals surface area (Å²) in [6.45, 7) is 14.6. The maximum Gasteiger partial charge on any atom is 0.323 e. The summed E-state index contributed by atoms with van der Waals surface area (Å²) in [5, 5.41) is 8.10. The Labute approximate surface area is 242 Å². The molecule has 1 fully saturated rings. The minimum atomic E-state index is -0.322. The molecule has 0 spiro atoms. The fraction of sp³-hybridized carbons (Fsp3) is 0.353. The molecule has 0 radical (unpaired) electrons. The number of carbonyl (C=O) groups is 1. The molecular formula is C34H40N4O3. The lowest BCUT2D eigenvalue weighted by Gasteiger charge is -2.26. The first-order chi connectivity index (χ1) is 19.7. The Morgan fingerprint density at radius 1 is 0.951 bits per heavy atom. The number of aromatic nitrogens is 1. The van der Waals surface area contributed by atoms with E-state index in [2.05, 4.69) is 60.6 Å². The number of hydrogen-bond acceptors (Lipinski definition) is 5. The second-order valence-electron chi connectivity index (χ2n) is 11.8. The molecule has 0 aliphatic carbocycles. The lowest BCUT2D eigenvalue weighted by molar-refractivity contribution is 0.0336. The summed E-state index contributed by atoms with van der Waals surface area (Å²) < 4.78 is 11.4. The number of pyridine rings is 1.